The first-order valence-corrected chi connectivity index (χ1v) is 7.67. The van der Waals surface area contributed by atoms with Crippen molar-refractivity contribution in [1.82, 2.24) is 4.90 Å². The number of nitrogens with zero attached hydrogens (tertiary/aromatic N) is 1. The van der Waals surface area contributed by atoms with Gasteiger partial charge in [-0.05, 0) is 24.6 Å². The van der Waals surface area contributed by atoms with Gasteiger partial charge in [-0.2, -0.15) is 13.2 Å². The molecule has 1 aliphatic heterocycles. The Morgan fingerprint density at radius 2 is 1.92 bits per heavy atom. The number of benzene rings is 1. The Balaban J connectivity index is 1.94. The van der Waals surface area contributed by atoms with Crippen molar-refractivity contribution in [3.8, 4) is 0 Å². The molecule has 25 heavy (non-hydrogen) atoms. The molecule has 0 bridgehead atoms. The van der Waals surface area contributed by atoms with E-state index >= 15 is 0 Å². The lowest BCUT2D eigenvalue weighted by Gasteiger charge is -2.30. The maximum atomic E-state index is 13.1. The van der Waals surface area contributed by atoms with Crippen LogP contribution in [-0.4, -0.2) is 55.2 Å². The van der Waals surface area contributed by atoms with Crippen molar-refractivity contribution in [3.05, 3.63) is 24.3 Å². The molecule has 0 radical (unpaired) electrons. The largest absolute Gasteiger partial charge is 0.418 e. The van der Waals surface area contributed by atoms with Gasteiger partial charge < -0.3 is 15.4 Å². The van der Waals surface area contributed by atoms with Gasteiger partial charge in [0.05, 0.1) is 6.54 Å². The maximum Gasteiger partial charge on any atom is 0.418 e. The molecule has 2 rings (SSSR count). The molecule has 1 heterocycles. The van der Waals surface area contributed by atoms with Crippen molar-refractivity contribution in [2.45, 2.75) is 25.1 Å². The first-order valence-electron chi connectivity index (χ1n) is 7.67. The van der Waals surface area contributed by atoms with Crippen LogP contribution in [0.3, 0.4) is 0 Å². The van der Waals surface area contributed by atoms with Gasteiger partial charge in [0.15, 0.2) is 5.60 Å². The molecule has 2 N–H and O–H groups in total. The normalized spacial score (nSPS) is 21.2. The second kappa shape index (κ2) is 7.40. The molecule has 6 nitrogen and oxygen atoms in total. The van der Waals surface area contributed by atoms with Crippen molar-refractivity contribution in [2.75, 3.05) is 37.4 Å². The molecule has 1 saturated heterocycles. The zero-order chi connectivity index (χ0) is 18.7. The summed E-state index contributed by atoms with van der Waals surface area (Å²) in [6, 6.07) is 6.50. The van der Waals surface area contributed by atoms with Gasteiger partial charge >= 0.3 is 6.18 Å². The van der Waals surface area contributed by atoms with E-state index in [-0.39, 0.29) is 32.0 Å². The summed E-state index contributed by atoms with van der Waals surface area (Å²) in [5.74, 6) is -0.683. The van der Waals surface area contributed by atoms with Crippen molar-refractivity contribution in [3.63, 3.8) is 0 Å². The Kier molecular flexibility index (Phi) is 5.69. The fourth-order valence-electron chi connectivity index (χ4n) is 2.79. The summed E-state index contributed by atoms with van der Waals surface area (Å²) < 4.78 is 44.1. The van der Waals surface area contributed by atoms with Gasteiger partial charge in [-0.1, -0.05) is 6.07 Å². The third-order valence-electron chi connectivity index (χ3n) is 4.05. The summed E-state index contributed by atoms with van der Waals surface area (Å²) in [6.07, 6.45) is -4.70. The van der Waals surface area contributed by atoms with E-state index in [1.165, 1.54) is 11.8 Å². The molecule has 138 valence electrons. The Hall–Kier alpha value is -2.13. The molecular formula is C16H20F3N3O3. The number of alkyl halides is 3. The van der Waals surface area contributed by atoms with E-state index in [1.807, 2.05) is 0 Å². The number of halogens is 3. The van der Waals surface area contributed by atoms with Crippen LogP contribution in [0.4, 0.5) is 24.5 Å². The number of methoxy groups -OCH3 is 1. The molecule has 0 saturated carbocycles. The van der Waals surface area contributed by atoms with Crippen molar-refractivity contribution in [1.29, 1.82) is 0 Å². The van der Waals surface area contributed by atoms with Crippen LogP contribution >= 0.6 is 0 Å². The van der Waals surface area contributed by atoms with Crippen LogP contribution in [0.15, 0.2) is 24.3 Å². The van der Waals surface area contributed by atoms with Crippen LogP contribution < -0.4 is 10.6 Å². The Bertz CT molecular complexity index is 651. The number of ether oxygens (including phenoxy) is 1. The van der Waals surface area contributed by atoms with Crippen LogP contribution in [0, 0.1) is 0 Å². The van der Waals surface area contributed by atoms with Crippen LogP contribution in [0.25, 0.3) is 0 Å². The molecule has 0 aliphatic carbocycles. The Morgan fingerprint density at radius 3 is 2.44 bits per heavy atom. The van der Waals surface area contributed by atoms with Crippen LogP contribution in [-0.2, 0) is 14.3 Å². The third kappa shape index (κ3) is 4.70. The van der Waals surface area contributed by atoms with E-state index in [1.54, 1.807) is 24.3 Å². The number of carbonyl (C=O) groups is 2. The number of anilines is 2. The Labute approximate surface area is 143 Å². The van der Waals surface area contributed by atoms with E-state index < -0.39 is 17.7 Å². The number of carbonyl (C=O) groups excluding carboxylic acids is 2. The maximum absolute atomic E-state index is 13.1. The van der Waals surface area contributed by atoms with Crippen molar-refractivity contribution in [2.24, 2.45) is 0 Å². The number of nitrogens with one attached hydrogen (secondary N) is 2. The average Bonchev–Trinajstić information content (AvgIpc) is 2.91. The second-order valence-electron chi connectivity index (χ2n) is 5.97. The highest BCUT2D eigenvalue weighted by molar-refractivity contribution is 5.94. The van der Waals surface area contributed by atoms with E-state index in [0.717, 1.165) is 7.11 Å². The molecule has 0 aromatic heterocycles. The monoisotopic (exact) mass is 359 g/mol. The number of hydrogen-bond donors (Lipinski definition) is 2. The van der Waals surface area contributed by atoms with E-state index in [0.29, 0.717) is 11.4 Å². The summed E-state index contributed by atoms with van der Waals surface area (Å²) in [4.78, 5) is 24.5. The fraction of sp³-hybridized carbons (Fsp3) is 0.500. The van der Waals surface area contributed by atoms with Gasteiger partial charge in [0.2, 0.25) is 11.8 Å². The highest BCUT2D eigenvalue weighted by atomic mass is 19.4. The molecule has 1 aliphatic rings. The quantitative estimate of drug-likeness (QED) is 0.846. The van der Waals surface area contributed by atoms with Crippen LogP contribution in [0.1, 0.15) is 13.3 Å². The smallest absolute Gasteiger partial charge is 0.367 e. The molecule has 1 fully saturated rings. The average molecular weight is 359 g/mol. The number of likely N-dealkylation sites (tertiary alicyclic amines) is 1. The molecule has 1 unspecified atom stereocenters. The molecule has 1 atom stereocenters. The molecule has 1 aromatic carbocycles. The van der Waals surface area contributed by atoms with E-state index in [2.05, 4.69) is 10.6 Å². The fourth-order valence-corrected chi connectivity index (χ4v) is 2.79. The lowest BCUT2D eigenvalue weighted by atomic mass is 10.0. The Morgan fingerprint density at radius 1 is 1.28 bits per heavy atom. The molecule has 1 aromatic rings. The van der Waals surface area contributed by atoms with Gasteiger partial charge in [0, 0.05) is 38.5 Å². The highest BCUT2D eigenvalue weighted by Crippen LogP contribution is 2.40. The summed E-state index contributed by atoms with van der Waals surface area (Å²) in [7, 11) is 1.03. The van der Waals surface area contributed by atoms with Crippen LogP contribution in [0.2, 0.25) is 0 Å². The van der Waals surface area contributed by atoms with Crippen LogP contribution in [0.5, 0.6) is 0 Å². The highest BCUT2D eigenvalue weighted by Gasteiger charge is 2.58. The topological polar surface area (TPSA) is 70.7 Å². The SMILES string of the molecule is COC1(C(F)(F)F)CCN(CC(=O)Nc2cccc(NC(C)=O)c2)C1. The van der Waals surface area contributed by atoms with Gasteiger partial charge in [-0.3, -0.25) is 14.5 Å². The van der Waals surface area contributed by atoms with Crippen molar-refractivity contribution < 1.29 is 27.5 Å². The zero-order valence-corrected chi connectivity index (χ0v) is 13.9. The first-order chi connectivity index (χ1) is 11.6. The minimum Gasteiger partial charge on any atom is -0.367 e. The molecule has 0 spiro atoms. The molecule has 2 amide bonds. The molecule has 9 heteroatoms. The summed E-state index contributed by atoms with van der Waals surface area (Å²) in [6.45, 7) is 0.923. The zero-order valence-electron chi connectivity index (χ0n) is 13.9. The lowest BCUT2D eigenvalue weighted by Crippen LogP contribution is -2.49. The standard InChI is InChI=1S/C16H20F3N3O3/c1-11(23)20-12-4-3-5-13(8-12)21-14(24)9-22-7-6-15(10-22,25-2)16(17,18)19/h3-5,8H,6-7,9-10H2,1-2H3,(H,20,23)(H,21,24). The number of hydrogen-bond acceptors (Lipinski definition) is 4. The summed E-state index contributed by atoms with van der Waals surface area (Å²) in [5.41, 5.74) is -1.26. The van der Waals surface area contributed by atoms with E-state index in [4.69, 9.17) is 4.74 Å². The minimum atomic E-state index is -4.49. The number of amides is 2. The van der Waals surface area contributed by atoms with Gasteiger partial charge in [0.25, 0.3) is 0 Å². The predicted molar refractivity (Wildman–Crippen MR) is 86.2 cm³/mol. The summed E-state index contributed by atoms with van der Waals surface area (Å²) in [5, 5.41) is 5.20. The van der Waals surface area contributed by atoms with Gasteiger partial charge in [-0.15, -0.1) is 0 Å². The van der Waals surface area contributed by atoms with Crippen molar-refractivity contribution >= 4 is 23.2 Å². The first kappa shape index (κ1) is 19.2. The molecular weight excluding hydrogens is 339 g/mol. The predicted octanol–water partition coefficient (Wildman–Crippen LogP) is 2.24. The lowest BCUT2D eigenvalue weighted by molar-refractivity contribution is -0.263. The van der Waals surface area contributed by atoms with Gasteiger partial charge in [0.1, 0.15) is 0 Å². The number of rotatable bonds is 5. The second-order valence-corrected chi connectivity index (χ2v) is 5.97. The van der Waals surface area contributed by atoms with E-state index in [9.17, 15) is 22.8 Å². The third-order valence-corrected chi connectivity index (χ3v) is 4.05. The van der Waals surface area contributed by atoms with Gasteiger partial charge in [-0.25, -0.2) is 0 Å². The minimum absolute atomic E-state index is 0.118. The summed E-state index contributed by atoms with van der Waals surface area (Å²) >= 11 is 0.